The Morgan fingerprint density at radius 2 is 2.20 bits per heavy atom. The average molecular weight is 202 g/mol. The molecule has 1 aliphatic carbocycles. The van der Waals surface area contributed by atoms with Gasteiger partial charge in [0.2, 0.25) is 0 Å². The highest BCUT2D eigenvalue weighted by atomic mass is 16.5. The zero-order valence-electron chi connectivity index (χ0n) is 9.03. The molecule has 1 aliphatic rings. The molecule has 0 N–H and O–H groups in total. The van der Waals surface area contributed by atoms with E-state index in [1.807, 2.05) is 17.9 Å². The van der Waals surface area contributed by atoms with Crippen LogP contribution in [0.5, 0.6) is 5.75 Å². The smallest absolute Gasteiger partial charge is 0.130 e. The third-order valence-corrected chi connectivity index (χ3v) is 3.12. The van der Waals surface area contributed by atoms with Crippen LogP contribution >= 0.6 is 0 Å². The number of rotatable bonds is 2. The van der Waals surface area contributed by atoms with Crippen molar-refractivity contribution in [1.82, 2.24) is 9.78 Å². The van der Waals surface area contributed by atoms with Gasteiger partial charge in [-0.15, -0.1) is 0 Å². The van der Waals surface area contributed by atoms with E-state index >= 15 is 0 Å². The summed E-state index contributed by atoms with van der Waals surface area (Å²) < 4.78 is 7.31. The van der Waals surface area contributed by atoms with Gasteiger partial charge in [0.05, 0.1) is 24.2 Å². The zero-order chi connectivity index (χ0) is 10.4. The summed E-state index contributed by atoms with van der Waals surface area (Å²) in [7, 11) is 3.69. The Morgan fingerprint density at radius 3 is 2.87 bits per heavy atom. The van der Waals surface area contributed by atoms with E-state index in [4.69, 9.17) is 4.74 Å². The second-order valence-electron chi connectivity index (χ2n) is 4.20. The minimum Gasteiger partial charge on any atom is -0.496 e. The van der Waals surface area contributed by atoms with Gasteiger partial charge in [-0.25, -0.2) is 0 Å². The molecular formula is C12H14N2O. The first-order valence-corrected chi connectivity index (χ1v) is 5.29. The molecular weight excluding hydrogens is 188 g/mol. The van der Waals surface area contributed by atoms with Crippen molar-refractivity contribution >= 4 is 10.9 Å². The Balaban J connectivity index is 2.27. The number of nitrogens with zero attached hydrogens (tertiary/aromatic N) is 2. The standard InChI is InChI=1S/C12H14N2O/c1-14-11-5-9(8-3-4-8)6-12(15-2)10(11)7-13-14/h5-8H,3-4H2,1-2H3. The van der Waals surface area contributed by atoms with Crippen molar-refractivity contribution in [3.63, 3.8) is 0 Å². The summed E-state index contributed by atoms with van der Waals surface area (Å²) in [4.78, 5) is 0. The molecule has 1 aromatic carbocycles. The van der Waals surface area contributed by atoms with Gasteiger partial charge >= 0.3 is 0 Å². The third kappa shape index (κ3) is 1.30. The molecule has 2 aromatic rings. The molecule has 3 rings (SSSR count). The first kappa shape index (κ1) is 8.77. The minimum absolute atomic E-state index is 0.748. The second-order valence-corrected chi connectivity index (χ2v) is 4.20. The molecule has 78 valence electrons. The van der Waals surface area contributed by atoms with Gasteiger partial charge in [0.25, 0.3) is 0 Å². The molecule has 3 nitrogen and oxygen atoms in total. The lowest BCUT2D eigenvalue weighted by Crippen LogP contribution is -1.92. The van der Waals surface area contributed by atoms with Crippen LogP contribution in [0.1, 0.15) is 24.3 Å². The Labute approximate surface area is 88.7 Å². The summed E-state index contributed by atoms with van der Waals surface area (Å²) in [5, 5.41) is 5.36. The lowest BCUT2D eigenvalue weighted by atomic mass is 10.1. The van der Waals surface area contributed by atoms with Crippen molar-refractivity contribution in [3.8, 4) is 5.75 Å². The van der Waals surface area contributed by atoms with E-state index in [0.29, 0.717) is 0 Å². The molecule has 0 radical (unpaired) electrons. The van der Waals surface area contributed by atoms with Gasteiger partial charge < -0.3 is 4.74 Å². The van der Waals surface area contributed by atoms with E-state index in [1.165, 1.54) is 18.4 Å². The molecule has 1 fully saturated rings. The molecule has 0 saturated heterocycles. The molecule has 0 spiro atoms. The fourth-order valence-corrected chi connectivity index (χ4v) is 2.06. The monoisotopic (exact) mass is 202 g/mol. The molecule has 0 bridgehead atoms. The Kier molecular flexibility index (Phi) is 1.75. The maximum Gasteiger partial charge on any atom is 0.130 e. The minimum atomic E-state index is 0.748. The Bertz CT molecular complexity index is 512. The second kappa shape index (κ2) is 2.99. The van der Waals surface area contributed by atoms with Crippen molar-refractivity contribution in [3.05, 3.63) is 23.9 Å². The van der Waals surface area contributed by atoms with Crippen LogP contribution in [-0.2, 0) is 7.05 Å². The molecule has 0 atom stereocenters. The largest absolute Gasteiger partial charge is 0.496 e. The van der Waals surface area contributed by atoms with Gasteiger partial charge in [-0.3, -0.25) is 4.68 Å². The van der Waals surface area contributed by atoms with E-state index in [0.717, 1.165) is 22.6 Å². The fourth-order valence-electron chi connectivity index (χ4n) is 2.06. The van der Waals surface area contributed by atoms with Crippen LogP contribution in [0.2, 0.25) is 0 Å². The first-order chi connectivity index (χ1) is 7.29. The maximum atomic E-state index is 5.41. The SMILES string of the molecule is COc1cc(C2CC2)cc2c1cnn2C. The summed E-state index contributed by atoms with van der Waals surface area (Å²) >= 11 is 0. The molecule has 15 heavy (non-hydrogen) atoms. The summed E-state index contributed by atoms with van der Waals surface area (Å²) in [6, 6.07) is 4.39. The maximum absolute atomic E-state index is 5.41. The van der Waals surface area contributed by atoms with Gasteiger partial charge in [-0.1, -0.05) is 0 Å². The van der Waals surface area contributed by atoms with Gasteiger partial charge in [0, 0.05) is 7.05 Å². The van der Waals surface area contributed by atoms with E-state index in [-0.39, 0.29) is 0 Å². The number of ether oxygens (including phenoxy) is 1. The van der Waals surface area contributed by atoms with E-state index in [9.17, 15) is 0 Å². The third-order valence-electron chi connectivity index (χ3n) is 3.12. The predicted octanol–water partition coefficient (Wildman–Crippen LogP) is 2.46. The summed E-state index contributed by atoms with van der Waals surface area (Å²) in [5.74, 6) is 1.70. The zero-order valence-corrected chi connectivity index (χ0v) is 9.03. The van der Waals surface area contributed by atoms with Gasteiger partial charge in [-0.05, 0) is 36.5 Å². The van der Waals surface area contributed by atoms with Crippen LogP contribution in [0.3, 0.4) is 0 Å². The fraction of sp³-hybridized carbons (Fsp3) is 0.417. The lowest BCUT2D eigenvalue weighted by molar-refractivity contribution is 0.419. The van der Waals surface area contributed by atoms with Crippen molar-refractivity contribution in [1.29, 1.82) is 0 Å². The first-order valence-electron chi connectivity index (χ1n) is 5.29. The van der Waals surface area contributed by atoms with E-state index in [1.54, 1.807) is 7.11 Å². The molecule has 0 amide bonds. The number of hydrogen-bond donors (Lipinski definition) is 0. The van der Waals surface area contributed by atoms with Gasteiger partial charge in [0.1, 0.15) is 5.75 Å². The summed E-state index contributed by atoms with van der Waals surface area (Å²) in [6.45, 7) is 0. The van der Waals surface area contributed by atoms with Crippen molar-refractivity contribution < 1.29 is 4.74 Å². The highest BCUT2D eigenvalue weighted by Gasteiger charge is 2.25. The Morgan fingerprint density at radius 1 is 1.40 bits per heavy atom. The quantitative estimate of drug-likeness (QED) is 0.748. The van der Waals surface area contributed by atoms with Crippen LogP contribution in [0.4, 0.5) is 0 Å². The van der Waals surface area contributed by atoms with Crippen LogP contribution in [0.25, 0.3) is 10.9 Å². The molecule has 1 aromatic heterocycles. The summed E-state index contributed by atoms with van der Waals surface area (Å²) in [6.07, 6.45) is 4.49. The summed E-state index contributed by atoms with van der Waals surface area (Å²) in [5.41, 5.74) is 2.55. The van der Waals surface area contributed by atoms with Crippen LogP contribution in [-0.4, -0.2) is 16.9 Å². The molecule has 0 unspecified atom stereocenters. The molecule has 1 heterocycles. The number of hydrogen-bond acceptors (Lipinski definition) is 2. The van der Waals surface area contributed by atoms with E-state index < -0.39 is 0 Å². The number of aromatic nitrogens is 2. The highest BCUT2D eigenvalue weighted by Crippen LogP contribution is 2.42. The topological polar surface area (TPSA) is 27.1 Å². The lowest BCUT2D eigenvalue weighted by Gasteiger charge is -2.06. The van der Waals surface area contributed by atoms with Crippen molar-refractivity contribution in [2.24, 2.45) is 7.05 Å². The number of methoxy groups -OCH3 is 1. The highest BCUT2D eigenvalue weighted by molar-refractivity contribution is 5.86. The van der Waals surface area contributed by atoms with Crippen LogP contribution < -0.4 is 4.74 Å². The number of aryl methyl sites for hydroxylation is 1. The van der Waals surface area contributed by atoms with Gasteiger partial charge in [0.15, 0.2) is 0 Å². The Hall–Kier alpha value is -1.51. The van der Waals surface area contributed by atoms with Crippen molar-refractivity contribution in [2.75, 3.05) is 7.11 Å². The predicted molar refractivity (Wildman–Crippen MR) is 59.2 cm³/mol. The van der Waals surface area contributed by atoms with E-state index in [2.05, 4.69) is 17.2 Å². The molecule has 3 heteroatoms. The number of fused-ring (bicyclic) bond motifs is 1. The number of benzene rings is 1. The molecule has 1 saturated carbocycles. The van der Waals surface area contributed by atoms with Crippen LogP contribution in [0.15, 0.2) is 18.3 Å². The average Bonchev–Trinajstić information content (AvgIpc) is 3.04. The van der Waals surface area contributed by atoms with Gasteiger partial charge in [-0.2, -0.15) is 5.10 Å². The van der Waals surface area contributed by atoms with Crippen molar-refractivity contribution in [2.45, 2.75) is 18.8 Å². The van der Waals surface area contributed by atoms with Crippen LogP contribution in [0, 0.1) is 0 Å². The molecule has 0 aliphatic heterocycles. The normalized spacial score (nSPS) is 15.9.